The molecule has 0 spiro atoms. The first-order valence-electron chi connectivity index (χ1n) is 7.02. The van der Waals surface area contributed by atoms with Crippen LogP contribution in [-0.2, 0) is 4.79 Å². The largest absolute Gasteiger partial charge is 0.494 e. The highest BCUT2D eigenvalue weighted by atomic mass is 35.5. The van der Waals surface area contributed by atoms with Gasteiger partial charge in [-0.2, -0.15) is 0 Å². The zero-order chi connectivity index (χ0) is 18.6. The van der Waals surface area contributed by atoms with Crippen LogP contribution >= 0.6 is 23.2 Å². The maximum Gasteiger partial charge on any atom is 0.273 e. The number of hydrogen-bond acceptors (Lipinski definition) is 5. The Kier molecular flexibility index (Phi) is 6.06. The van der Waals surface area contributed by atoms with Gasteiger partial charge in [-0.3, -0.25) is 14.9 Å². The van der Waals surface area contributed by atoms with Crippen LogP contribution in [-0.4, -0.2) is 24.5 Å². The van der Waals surface area contributed by atoms with Gasteiger partial charge < -0.3 is 14.8 Å². The number of nitro benzene ring substituents is 1. The summed E-state index contributed by atoms with van der Waals surface area (Å²) < 4.78 is 10.5. The second kappa shape index (κ2) is 8.04. The number of rotatable bonds is 6. The minimum absolute atomic E-state index is 0.144. The molecule has 7 nitrogen and oxygen atoms in total. The number of amides is 1. The number of methoxy groups -OCH3 is 1. The van der Waals surface area contributed by atoms with E-state index in [0.29, 0.717) is 27.0 Å². The fourth-order valence-corrected chi connectivity index (χ4v) is 2.74. The van der Waals surface area contributed by atoms with Crippen LogP contribution in [0.5, 0.6) is 11.5 Å². The van der Waals surface area contributed by atoms with Crippen molar-refractivity contribution >= 4 is 40.5 Å². The van der Waals surface area contributed by atoms with Crippen molar-refractivity contribution in [3.63, 3.8) is 0 Å². The maximum atomic E-state index is 12.1. The van der Waals surface area contributed by atoms with Crippen molar-refractivity contribution in [1.82, 2.24) is 0 Å². The summed E-state index contributed by atoms with van der Waals surface area (Å²) in [5, 5.41) is 14.1. The van der Waals surface area contributed by atoms with Crippen molar-refractivity contribution in [1.29, 1.82) is 0 Å². The van der Waals surface area contributed by atoms with Crippen molar-refractivity contribution in [2.45, 2.75) is 6.92 Å². The van der Waals surface area contributed by atoms with E-state index in [4.69, 9.17) is 32.7 Å². The molecule has 1 N–H and O–H groups in total. The summed E-state index contributed by atoms with van der Waals surface area (Å²) in [6, 6.07) is 7.05. The van der Waals surface area contributed by atoms with E-state index in [2.05, 4.69) is 5.32 Å². The summed E-state index contributed by atoms with van der Waals surface area (Å²) in [6.45, 7) is 1.45. The van der Waals surface area contributed by atoms with E-state index in [1.165, 1.54) is 31.4 Å². The van der Waals surface area contributed by atoms with Crippen molar-refractivity contribution in [3.05, 3.63) is 56.1 Å². The highest BCUT2D eigenvalue weighted by Gasteiger charge is 2.15. The van der Waals surface area contributed by atoms with Crippen LogP contribution in [0.15, 0.2) is 30.3 Å². The number of non-ortho nitro benzene ring substituents is 1. The van der Waals surface area contributed by atoms with E-state index in [1.807, 2.05) is 0 Å². The number of hydrogen-bond donors (Lipinski definition) is 1. The first-order chi connectivity index (χ1) is 11.8. The van der Waals surface area contributed by atoms with E-state index in [0.717, 1.165) is 0 Å². The van der Waals surface area contributed by atoms with Gasteiger partial charge in [-0.05, 0) is 30.7 Å². The van der Waals surface area contributed by atoms with Gasteiger partial charge in [0.1, 0.15) is 11.5 Å². The standard InChI is InChI=1S/C16H14Cl2N2O5/c1-9-5-10(17)6-12(18)16(9)25-8-15(21)19-13-4-3-11(20(22)23)7-14(13)24-2/h3-7H,8H2,1-2H3,(H,19,21). The van der Waals surface area contributed by atoms with Gasteiger partial charge in [0.15, 0.2) is 6.61 Å². The van der Waals surface area contributed by atoms with E-state index < -0.39 is 10.8 Å². The lowest BCUT2D eigenvalue weighted by Gasteiger charge is -2.13. The lowest BCUT2D eigenvalue weighted by Crippen LogP contribution is -2.21. The first-order valence-corrected chi connectivity index (χ1v) is 7.78. The topological polar surface area (TPSA) is 90.7 Å². The summed E-state index contributed by atoms with van der Waals surface area (Å²) in [7, 11) is 1.35. The Bertz CT molecular complexity index is 803. The molecular formula is C16H14Cl2N2O5. The molecule has 0 atom stereocenters. The Labute approximate surface area is 153 Å². The molecule has 0 aliphatic heterocycles. The van der Waals surface area contributed by atoms with Gasteiger partial charge in [0, 0.05) is 11.1 Å². The third-order valence-electron chi connectivity index (χ3n) is 3.21. The van der Waals surface area contributed by atoms with Crippen LogP contribution < -0.4 is 14.8 Å². The van der Waals surface area contributed by atoms with Crippen LogP contribution in [0.1, 0.15) is 5.56 Å². The molecule has 9 heteroatoms. The number of nitrogens with one attached hydrogen (secondary N) is 1. The second-order valence-corrected chi connectivity index (χ2v) is 5.86. The molecule has 0 fully saturated rings. The molecule has 0 radical (unpaired) electrons. The Balaban J connectivity index is 2.07. The highest BCUT2D eigenvalue weighted by Crippen LogP contribution is 2.32. The zero-order valence-electron chi connectivity index (χ0n) is 13.3. The molecule has 0 heterocycles. The number of ether oxygens (including phenoxy) is 2. The van der Waals surface area contributed by atoms with Gasteiger partial charge in [-0.1, -0.05) is 23.2 Å². The summed E-state index contributed by atoms with van der Waals surface area (Å²) in [6.07, 6.45) is 0. The van der Waals surface area contributed by atoms with Gasteiger partial charge in [0.25, 0.3) is 11.6 Å². The molecular weight excluding hydrogens is 371 g/mol. The molecule has 132 valence electrons. The molecule has 2 rings (SSSR count). The SMILES string of the molecule is COc1cc([N+](=O)[O-])ccc1NC(=O)COc1c(C)cc(Cl)cc1Cl. The Morgan fingerprint density at radius 2 is 2.00 bits per heavy atom. The third kappa shape index (κ3) is 4.74. The van der Waals surface area contributed by atoms with Crippen LogP contribution in [0, 0.1) is 17.0 Å². The quantitative estimate of drug-likeness (QED) is 0.594. The summed E-state index contributed by atoms with van der Waals surface area (Å²) in [4.78, 5) is 22.3. The predicted molar refractivity (Wildman–Crippen MR) is 95.0 cm³/mol. The Hall–Kier alpha value is -2.51. The maximum absolute atomic E-state index is 12.1. The smallest absolute Gasteiger partial charge is 0.273 e. The predicted octanol–water partition coefficient (Wildman–Crippen LogP) is 4.24. The number of carbonyl (C=O) groups excluding carboxylic acids is 1. The van der Waals surface area contributed by atoms with Crippen molar-refractivity contribution in [2.75, 3.05) is 19.0 Å². The summed E-state index contributed by atoms with van der Waals surface area (Å²) in [5.74, 6) is 0.0534. The number of halogens is 2. The number of nitrogens with zero attached hydrogens (tertiary/aromatic N) is 1. The molecule has 0 aromatic heterocycles. The van der Waals surface area contributed by atoms with Crippen LogP contribution in [0.4, 0.5) is 11.4 Å². The molecule has 0 bridgehead atoms. The van der Waals surface area contributed by atoms with Gasteiger partial charge in [0.2, 0.25) is 0 Å². The Morgan fingerprint density at radius 3 is 2.60 bits per heavy atom. The van der Waals surface area contributed by atoms with Gasteiger partial charge in [0.05, 0.1) is 28.8 Å². The normalized spacial score (nSPS) is 10.2. The van der Waals surface area contributed by atoms with Crippen LogP contribution in [0.25, 0.3) is 0 Å². The molecule has 0 saturated heterocycles. The first kappa shape index (κ1) is 18.8. The number of benzene rings is 2. The van der Waals surface area contributed by atoms with Gasteiger partial charge in [-0.15, -0.1) is 0 Å². The van der Waals surface area contributed by atoms with Crippen LogP contribution in [0.3, 0.4) is 0 Å². The average Bonchev–Trinajstić information content (AvgIpc) is 2.53. The Morgan fingerprint density at radius 1 is 1.28 bits per heavy atom. The highest BCUT2D eigenvalue weighted by molar-refractivity contribution is 6.35. The number of carbonyl (C=O) groups is 1. The zero-order valence-corrected chi connectivity index (χ0v) is 14.9. The molecule has 25 heavy (non-hydrogen) atoms. The number of anilines is 1. The molecule has 2 aromatic carbocycles. The fourth-order valence-electron chi connectivity index (χ4n) is 2.09. The van der Waals surface area contributed by atoms with Crippen LogP contribution in [0.2, 0.25) is 10.0 Å². The van der Waals surface area contributed by atoms with E-state index in [1.54, 1.807) is 13.0 Å². The summed E-state index contributed by atoms with van der Waals surface area (Å²) >= 11 is 11.9. The molecule has 0 aliphatic rings. The number of nitro groups is 1. The second-order valence-electron chi connectivity index (χ2n) is 5.01. The molecule has 0 saturated carbocycles. The minimum atomic E-state index is -0.553. The van der Waals surface area contributed by atoms with Crippen molar-refractivity contribution < 1.29 is 19.2 Å². The van der Waals surface area contributed by atoms with E-state index in [-0.39, 0.29) is 18.0 Å². The molecule has 2 aromatic rings. The monoisotopic (exact) mass is 384 g/mol. The lowest BCUT2D eigenvalue weighted by molar-refractivity contribution is -0.384. The summed E-state index contributed by atoms with van der Waals surface area (Å²) in [5.41, 5.74) is 0.841. The third-order valence-corrected chi connectivity index (χ3v) is 3.71. The van der Waals surface area contributed by atoms with Crippen molar-refractivity contribution in [3.8, 4) is 11.5 Å². The fraction of sp³-hybridized carbons (Fsp3) is 0.188. The van der Waals surface area contributed by atoms with Crippen molar-refractivity contribution in [2.24, 2.45) is 0 Å². The van der Waals surface area contributed by atoms with Gasteiger partial charge >= 0.3 is 0 Å². The van der Waals surface area contributed by atoms with E-state index in [9.17, 15) is 14.9 Å². The average molecular weight is 385 g/mol. The molecule has 0 aliphatic carbocycles. The number of aryl methyl sites for hydroxylation is 1. The minimum Gasteiger partial charge on any atom is -0.494 e. The molecule has 1 amide bonds. The van der Waals surface area contributed by atoms with Gasteiger partial charge in [-0.25, -0.2) is 0 Å². The van der Waals surface area contributed by atoms with E-state index >= 15 is 0 Å². The lowest BCUT2D eigenvalue weighted by atomic mass is 10.2. The molecule has 0 unspecified atom stereocenters.